The molecule has 17 heavy (non-hydrogen) atoms. The summed E-state index contributed by atoms with van der Waals surface area (Å²) < 4.78 is 0. The number of aromatic nitrogens is 1. The maximum Gasteiger partial charge on any atom is 0.401 e. The van der Waals surface area contributed by atoms with Crippen molar-refractivity contribution in [3.63, 3.8) is 0 Å². The molecule has 2 heterocycles. The largest absolute Gasteiger partial charge is 0.401 e. The van der Waals surface area contributed by atoms with Crippen LogP contribution in [0.25, 0.3) is 10.6 Å². The third kappa shape index (κ3) is 2.11. The van der Waals surface area contributed by atoms with Crippen LogP contribution in [0.2, 0.25) is 0 Å². The van der Waals surface area contributed by atoms with Gasteiger partial charge >= 0.3 is 10.7 Å². The quantitative estimate of drug-likeness (QED) is 0.616. The fraction of sp³-hybridized carbons (Fsp3) is 0. The molecule has 0 saturated carbocycles. The molecule has 0 aliphatic rings. The molecule has 0 spiro atoms. The fourth-order valence-electron chi connectivity index (χ4n) is 1.27. The molecule has 2 rings (SSSR count). The first-order valence-corrected chi connectivity index (χ1v) is 5.25. The number of pyridine rings is 1. The van der Waals surface area contributed by atoms with Crippen LogP contribution in [0.15, 0.2) is 30.5 Å². The highest BCUT2D eigenvalue weighted by atomic mass is 32.1. The summed E-state index contributed by atoms with van der Waals surface area (Å²) in [5.74, 6) is 0. The summed E-state index contributed by atoms with van der Waals surface area (Å²) in [6.45, 7) is 0. The number of nitrogens with zero attached hydrogens (tertiary/aromatic N) is 3. The number of hydrogen-bond acceptors (Lipinski definition) is 6. The van der Waals surface area contributed by atoms with Crippen LogP contribution in [0, 0.1) is 20.2 Å². The van der Waals surface area contributed by atoms with Crippen molar-refractivity contribution < 1.29 is 9.85 Å². The third-order valence-electron chi connectivity index (χ3n) is 1.97. The Hall–Kier alpha value is -2.35. The van der Waals surface area contributed by atoms with E-state index in [1.165, 1.54) is 12.3 Å². The summed E-state index contributed by atoms with van der Waals surface area (Å²) in [6.07, 6.45) is 1.52. The molecular weight excluding hydrogens is 246 g/mol. The van der Waals surface area contributed by atoms with E-state index in [1.54, 1.807) is 18.2 Å². The summed E-state index contributed by atoms with van der Waals surface area (Å²) in [5, 5.41) is 20.8. The molecule has 7 nitrogen and oxygen atoms in total. The SMILES string of the molecule is O=[N+]([O-])c1cc(-c2ccccn2)sc1[N+](=O)[O-]. The molecule has 2 aromatic heterocycles. The van der Waals surface area contributed by atoms with Crippen molar-refractivity contribution in [2.75, 3.05) is 0 Å². The summed E-state index contributed by atoms with van der Waals surface area (Å²) >= 11 is 0.746. The number of nitro groups is 2. The van der Waals surface area contributed by atoms with Gasteiger partial charge in [0.2, 0.25) is 0 Å². The Morgan fingerprint density at radius 3 is 2.41 bits per heavy atom. The fourth-order valence-corrected chi connectivity index (χ4v) is 2.18. The number of hydrogen-bond donors (Lipinski definition) is 0. The molecule has 0 saturated heterocycles. The Balaban J connectivity index is 2.55. The lowest BCUT2D eigenvalue weighted by Gasteiger charge is -1.91. The first-order valence-electron chi connectivity index (χ1n) is 4.43. The van der Waals surface area contributed by atoms with Crippen molar-refractivity contribution in [3.8, 4) is 10.6 Å². The van der Waals surface area contributed by atoms with Gasteiger partial charge in [0.25, 0.3) is 0 Å². The van der Waals surface area contributed by atoms with Gasteiger partial charge < -0.3 is 0 Å². The highest BCUT2D eigenvalue weighted by Gasteiger charge is 2.29. The van der Waals surface area contributed by atoms with E-state index in [0.29, 0.717) is 10.6 Å². The third-order valence-corrected chi connectivity index (χ3v) is 3.07. The molecular formula is C9H5N3O4S. The van der Waals surface area contributed by atoms with Crippen LogP contribution in [-0.4, -0.2) is 14.8 Å². The number of thiophene rings is 1. The maximum atomic E-state index is 10.7. The Bertz CT molecular complexity index is 550. The monoisotopic (exact) mass is 251 g/mol. The second-order valence-electron chi connectivity index (χ2n) is 3.03. The van der Waals surface area contributed by atoms with Crippen molar-refractivity contribution >= 4 is 22.0 Å². The van der Waals surface area contributed by atoms with Crippen molar-refractivity contribution in [3.05, 3.63) is 50.7 Å². The van der Waals surface area contributed by atoms with Crippen LogP contribution >= 0.6 is 11.3 Å². The van der Waals surface area contributed by atoms with E-state index in [1.807, 2.05) is 0 Å². The predicted molar refractivity (Wildman–Crippen MR) is 60.9 cm³/mol. The van der Waals surface area contributed by atoms with Gasteiger partial charge in [0.1, 0.15) is 0 Å². The minimum atomic E-state index is -0.763. The summed E-state index contributed by atoms with van der Waals surface area (Å²) in [5.41, 5.74) is -0.0191. The second-order valence-corrected chi connectivity index (χ2v) is 4.06. The Labute approximate surface area is 98.7 Å². The Morgan fingerprint density at radius 1 is 1.18 bits per heavy atom. The van der Waals surface area contributed by atoms with Gasteiger partial charge in [0.05, 0.1) is 20.4 Å². The second kappa shape index (κ2) is 4.26. The molecule has 0 N–H and O–H groups in total. The molecule has 0 atom stereocenters. The first-order chi connectivity index (χ1) is 8.09. The zero-order chi connectivity index (χ0) is 12.4. The van der Waals surface area contributed by atoms with E-state index >= 15 is 0 Å². The van der Waals surface area contributed by atoms with Gasteiger partial charge in [-0.05, 0) is 12.1 Å². The van der Waals surface area contributed by atoms with Gasteiger partial charge in [-0.15, -0.1) is 0 Å². The smallest absolute Gasteiger partial charge is 0.258 e. The molecule has 0 fully saturated rings. The lowest BCUT2D eigenvalue weighted by Crippen LogP contribution is -1.91. The maximum absolute atomic E-state index is 10.7. The van der Waals surface area contributed by atoms with Gasteiger partial charge in [0, 0.05) is 12.3 Å². The van der Waals surface area contributed by atoms with E-state index < -0.39 is 20.5 Å². The molecule has 0 radical (unpaired) electrons. The molecule has 0 aromatic carbocycles. The zero-order valence-corrected chi connectivity index (χ0v) is 9.09. The molecule has 0 aliphatic carbocycles. The van der Waals surface area contributed by atoms with Crippen LogP contribution in [0.5, 0.6) is 0 Å². The highest BCUT2D eigenvalue weighted by molar-refractivity contribution is 7.19. The molecule has 8 heteroatoms. The Morgan fingerprint density at radius 2 is 1.94 bits per heavy atom. The predicted octanol–water partition coefficient (Wildman–Crippen LogP) is 2.63. The molecule has 2 aromatic rings. The van der Waals surface area contributed by atoms with Gasteiger partial charge in [-0.25, -0.2) is 0 Å². The molecule has 86 valence electrons. The minimum Gasteiger partial charge on any atom is -0.258 e. The summed E-state index contributed by atoms with van der Waals surface area (Å²) in [4.78, 5) is 24.2. The Kier molecular flexibility index (Phi) is 2.79. The average molecular weight is 251 g/mol. The molecule has 0 unspecified atom stereocenters. The summed E-state index contributed by atoms with van der Waals surface area (Å²) in [7, 11) is 0. The van der Waals surface area contributed by atoms with Crippen molar-refractivity contribution in [1.29, 1.82) is 0 Å². The lowest BCUT2D eigenvalue weighted by atomic mass is 10.3. The van der Waals surface area contributed by atoms with Crippen molar-refractivity contribution in [2.45, 2.75) is 0 Å². The first kappa shape index (κ1) is 11.1. The van der Waals surface area contributed by atoms with Crippen LogP contribution in [0.1, 0.15) is 0 Å². The molecule has 0 amide bonds. The van der Waals surface area contributed by atoms with Crippen LogP contribution < -0.4 is 0 Å². The van der Waals surface area contributed by atoms with Gasteiger partial charge in [0.15, 0.2) is 0 Å². The van der Waals surface area contributed by atoms with Gasteiger partial charge in [-0.1, -0.05) is 17.4 Å². The molecule has 0 aliphatic heterocycles. The normalized spacial score (nSPS) is 10.1. The van der Waals surface area contributed by atoms with E-state index in [2.05, 4.69) is 4.98 Å². The van der Waals surface area contributed by atoms with E-state index in [4.69, 9.17) is 0 Å². The zero-order valence-electron chi connectivity index (χ0n) is 8.27. The minimum absolute atomic E-state index is 0.406. The average Bonchev–Trinajstić information content (AvgIpc) is 2.75. The van der Waals surface area contributed by atoms with Crippen LogP contribution in [0.3, 0.4) is 0 Å². The van der Waals surface area contributed by atoms with E-state index in [0.717, 1.165) is 11.3 Å². The lowest BCUT2D eigenvalue weighted by molar-refractivity contribution is -0.419. The topological polar surface area (TPSA) is 99.2 Å². The number of rotatable bonds is 3. The summed E-state index contributed by atoms with van der Waals surface area (Å²) in [6, 6.07) is 6.21. The van der Waals surface area contributed by atoms with Crippen LogP contribution in [-0.2, 0) is 0 Å². The van der Waals surface area contributed by atoms with Gasteiger partial charge in [-0.3, -0.25) is 25.2 Å². The van der Waals surface area contributed by atoms with E-state index in [9.17, 15) is 20.2 Å². The molecule has 0 bridgehead atoms. The van der Waals surface area contributed by atoms with Crippen molar-refractivity contribution in [1.82, 2.24) is 4.98 Å². The highest BCUT2D eigenvalue weighted by Crippen LogP contribution is 2.40. The standard InChI is InChI=1S/C9H5N3O4S/c13-11(14)7-5-8(17-9(7)12(15)16)6-3-1-2-4-10-6/h1-5H. The van der Waals surface area contributed by atoms with Crippen molar-refractivity contribution in [2.24, 2.45) is 0 Å². The van der Waals surface area contributed by atoms with Gasteiger partial charge in [-0.2, -0.15) is 0 Å². The van der Waals surface area contributed by atoms with Crippen LogP contribution in [0.4, 0.5) is 10.7 Å². The van der Waals surface area contributed by atoms with E-state index in [-0.39, 0.29) is 0 Å².